The van der Waals surface area contributed by atoms with E-state index in [9.17, 15) is 4.79 Å². The maximum Gasteiger partial charge on any atom is 0.165 e. The zero-order valence-electron chi connectivity index (χ0n) is 14.2. The average molecular weight is 315 g/mol. The Hall–Kier alpha value is -0.893. The fourth-order valence-corrected chi connectivity index (χ4v) is 8.38. The van der Waals surface area contributed by atoms with Crippen LogP contribution in [-0.2, 0) is 0 Å². The lowest BCUT2D eigenvalue weighted by Crippen LogP contribution is -2.32. The van der Waals surface area contributed by atoms with E-state index in [0.717, 1.165) is 11.5 Å². The number of hydrogen-bond donors (Lipinski definition) is 0. The molecule has 0 spiro atoms. The molecule has 2 heteroatoms. The van der Waals surface area contributed by atoms with Gasteiger partial charge in [-0.15, -0.1) is 0 Å². The molecule has 1 nitrogen and oxygen atoms in total. The molecule has 1 aromatic rings. The van der Waals surface area contributed by atoms with E-state index >= 15 is 0 Å². The van der Waals surface area contributed by atoms with Gasteiger partial charge in [0, 0.05) is 10.6 Å². The molecule has 0 unspecified atom stereocenters. The fraction of sp³-hybridized carbons (Fsp3) is 0.650. The van der Waals surface area contributed by atoms with E-state index in [0.29, 0.717) is 5.78 Å². The second kappa shape index (κ2) is 6.70. The van der Waals surface area contributed by atoms with Crippen molar-refractivity contribution in [1.29, 1.82) is 0 Å². The molecule has 1 saturated heterocycles. The number of ketones is 1. The number of carbonyl (C=O) groups excluding carboxylic acids is 1. The highest BCUT2D eigenvalue weighted by atomic mass is 28.3. The lowest BCUT2D eigenvalue weighted by Gasteiger charge is -2.29. The first kappa shape index (κ1) is 16.0. The van der Waals surface area contributed by atoms with E-state index in [1.165, 1.54) is 62.6 Å². The smallest absolute Gasteiger partial charge is 0.165 e. The van der Waals surface area contributed by atoms with Crippen molar-refractivity contribution in [3.05, 3.63) is 35.4 Å². The zero-order valence-corrected chi connectivity index (χ0v) is 15.4. The van der Waals surface area contributed by atoms with Crippen LogP contribution in [-0.4, -0.2) is 14.6 Å². The van der Waals surface area contributed by atoms with Crippen molar-refractivity contribution in [2.45, 2.75) is 81.8 Å². The van der Waals surface area contributed by atoms with Crippen LogP contribution < -0.4 is 0 Å². The summed E-state index contributed by atoms with van der Waals surface area (Å²) in [5.41, 5.74) is 2.40. The molecular formula is C20H30OSi. The molecule has 1 saturated carbocycles. The van der Waals surface area contributed by atoms with Crippen LogP contribution in [0.3, 0.4) is 0 Å². The number of carbonyl (C=O) groups is 1. The topological polar surface area (TPSA) is 17.1 Å². The summed E-state index contributed by atoms with van der Waals surface area (Å²) in [4.78, 5) is 13.0. The Bertz CT molecular complexity index is 505. The SMILES string of the molecule is CC(C)(C(=O)c1ccc(C2CCCCC2)cc1)[SiH]1CCCC1. The first-order valence-electron chi connectivity index (χ1n) is 9.24. The summed E-state index contributed by atoms with van der Waals surface area (Å²) in [6.07, 6.45) is 9.49. The Morgan fingerprint density at radius 2 is 1.55 bits per heavy atom. The van der Waals surface area contributed by atoms with Gasteiger partial charge in [-0.3, -0.25) is 4.79 Å². The first-order valence-corrected chi connectivity index (χ1v) is 11.4. The zero-order chi connectivity index (χ0) is 15.6. The van der Waals surface area contributed by atoms with Gasteiger partial charge in [-0.1, -0.05) is 82.3 Å². The van der Waals surface area contributed by atoms with E-state index in [2.05, 4.69) is 38.1 Å². The second-order valence-corrected chi connectivity index (χ2v) is 12.0. The van der Waals surface area contributed by atoms with Crippen LogP contribution in [0.5, 0.6) is 0 Å². The van der Waals surface area contributed by atoms with Gasteiger partial charge in [-0.25, -0.2) is 0 Å². The molecule has 0 bridgehead atoms. The van der Waals surface area contributed by atoms with Crippen LogP contribution >= 0.6 is 0 Å². The third-order valence-electron chi connectivity index (χ3n) is 6.21. The summed E-state index contributed by atoms with van der Waals surface area (Å²) in [7, 11) is -0.907. The van der Waals surface area contributed by atoms with Gasteiger partial charge in [0.15, 0.2) is 5.78 Å². The van der Waals surface area contributed by atoms with Gasteiger partial charge in [0.1, 0.15) is 0 Å². The fourth-order valence-electron chi connectivity index (χ4n) is 4.55. The van der Waals surface area contributed by atoms with Crippen LogP contribution in [0.15, 0.2) is 24.3 Å². The van der Waals surface area contributed by atoms with Crippen LogP contribution in [0.25, 0.3) is 0 Å². The van der Waals surface area contributed by atoms with Crippen molar-refractivity contribution in [2.24, 2.45) is 0 Å². The van der Waals surface area contributed by atoms with E-state index < -0.39 is 8.80 Å². The maximum atomic E-state index is 13.0. The Kier molecular flexibility index (Phi) is 4.87. The quantitative estimate of drug-likeness (QED) is 0.513. The lowest BCUT2D eigenvalue weighted by molar-refractivity contribution is 0.0946. The van der Waals surface area contributed by atoms with E-state index in [1.807, 2.05) is 0 Å². The summed E-state index contributed by atoms with van der Waals surface area (Å²) < 4.78 is 0. The molecule has 0 aromatic heterocycles. The molecule has 0 atom stereocenters. The van der Waals surface area contributed by atoms with Crippen molar-refractivity contribution >= 4 is 14.6 Å². The molecule has 1 aliphatic carbocycles. The van der Waals surface area contributed by atoms with Crippen molar-refractivity contribution in [2.75, 3.05) is 0 Å². The standard InChI is InChI=1S/C20H30OSi/c1-20(2,22-14-6-7-15-22)19(21)18-12-10-17(11-13-18)16-8-4-3-5-9-16/h10-13,16,22H,3-9,14-15H2,1-2H3. The molecule has 3 rings (SSSR count). The Morgan fingerprint density at radius 1 is 0.955 bits per heavy atom. The molecule has 1 aliphatic heterocycles. The van der Waals surface area contributed by atoms with Gasteiger partial charge in [-0.05, 0) is 24.3 Å². The largest absolute Gasteiger partial charge is 0.294 e. The van der Waals surface area contributed by atoms with Crippen molar-refractivity contribution in [3.63, 3.8) is 0 Å². The van der Waals surface area contributed by atoms with Crippen LogP contribution in [0.4, 0.5) is 0 Å². The highest BCUT2D eigenvalue weighted by Crippen LogP contribution is 2.41. The Morgan fingerprint density at radius 3 is 2.14 bits per heavy atom. The third-order valence-corrected chi connectivity index (χ3v) is 10.7. The van der Waals surface area contributed by atoms with Crippen molar-refractivity contribution in [3.8, 4) is 0 Å². The summed E-state index contributed by atoms with van der Waals surface area (Å²) in [5.74, 6) is 1.14. The summed E-state index contributed by atoms with van der Waals surface area (Å²) in [6, 6.07) is 11.4. The minimum Gasteiger partial charge on any atom is -0.294 e. The summed E-state index contributed by atoms with van der Waals surface area (Å²) in [6.45, 7) is 4.43. The molecule has 2 fully saturated rings. The van der Waals surface area contributed by atoms with Crippen LogP contribution in [0.2, 0.25) is 17.1 Å². The Labute approximate surface area is 137 Å². The van der Waals surface area contributed by atoms with Gasteiger partial charge < -0.3 is 0 Å². The van der Waals surface area contributed by atoms with Crippen molar-refractivity contribution < 1.29 is 4.79 Å². The van der Waals surface area contributed by atoms with Crippen molar-refractivity contribution in [1.82, 2.24) is 0 Å². The maximum absolute atomic E-state index is 13.0. The van der Waals surface area contributed by atoms with Gasteiger partial charge in [0.25, 0.3) is 0 Å². The normalized spacial score (nSPS) is 21.2. The van der Waals surface area contributed by atoms with Gasteiger partial charge in [-0.2, -0.15) is 0 Å². The lowest BCUT2D eigenvalue weighted by atomic mass is 9.83. The highest BCUT2D eigenvalue weighted by molar-refractivity contribution is 6.68. The molecule has 0 radical (unpaired) electrons. The third kappa shape index (κ3) is 3.22. The Balaban J connectivity index is 1.72. The predicted molar refractivity (Wildman–Crippen MR) is 96.6 cm³/mol. The first-order chi connectivity index (χ1) is 10.6. The summed E-state index contributed by atoms with van der Waals surface area (Å²) in [5, 5.41) is -0.0666. The van der Waals surface area contributed by atoms with Gasteiger partial charge in [0.05, 0.1) is 8.80 Å². The van der Waals surface area contributed by atoms with E-state index in [4.69, 9.17) is 0 Å². The molecule has 1 heterocycles. The predicted octanol–water partition coefficient (Wildman–Crippen LogP) is 5.72. The van der Waals surface area contributed by atoms with Crippen LogP contribution in [0.1, 0.15) is 80.6 Å². The molecule has 1 aromatic carbocycles. The highest BCUT2D eigenvalue weighted by Gasteiger charge is 2.39. The number of benzene rings is 1. The second-order valence-electron chi connectivity index (χ2n) is 7.99. The van der Waals surface area contributed by atoms with Gasteiger partial charge in [0.2, 0.25) is 0 Å². The number of Topliss-reactive ketones (excluding diaryl/α,β-unsaturated/α-hetero) is 1. The monoisotopic (exact) mass is 314 g/mol. The molecule has 0 N–H and O–H groups in total. The molecule has 120 valence electrons. The van der Waals surface area contributed by atoms with Crippen LogP contribution in [0, 0.1) is 0 Å². The molecule has 0 amide bonds. The molecular weight excluding hydrogens is 284 g/mol. The average Bonchev–Trinajstić information content (AvgIpc) is 3.10. The molecule has 22 heavy (non-hydrogen) atoms. The molecule has 2 aliphatic rings. The number of rotatable bonds is 4. The minimum atomic E-state index is -0.907. The minimum absolute atomic E-state index is 0.0666. The van der Waals surface area contributed by atoms with Gasteiger partial charge >= 0.3 is 0 Å². The summed E-state index contributed by atoms with van der Waals surface area (Å²) >= 11 is 0. The van der Waals surface area contributed by atoms with E-state index in [-0.39, 0.29) is 5.04 Å². The number of hydrogen-bond acceptors (Lipinski definition) is 1. The van der Waals surface area contributed by atoms with E-state index in [1.54, 1.807) is 0 Å².